The van der Waals surface area contributed by atoms with Crippen molar-refractivity contribution in [1.29, 1.82) is 0 Å². The molecule has 0 N–H and O–H groups in total. The van der Waals surface area contributed by atoms with E-state index in [1.54, 1.807) is 12.3 Å². The van der Waals surface area contributed by atoms with Crippen LogP contribution in [0.4, 0.5) is 0 Å². The van der Waals surface area contributed by atoms with Gasteiger partial charge in [-0.2, -0.15) is 5.10 Å². The molecule has 1 aromatic heterocycles. The molecule has 2 saturated heterocycles. The van der Waals surface area contributed by atoms with Crippen molar-refractivity contribution >= 4 is 23.4 Å². The minimum atomic E-state index is -0.410. The number of benzene rings is 1. The van der Waals surface area contributed by atoms with Crippen molar-refractivity contribution in [2.75, 3.05) is 32.8 Å². The summed E-state index contributed by atoms with van der Waals surface area (Å²) in [5.41, 5.74) is 0.634. The average Bonchev–Trinajstić information content (AvgIpc) is 3.26. The molecular weight excluding hydrogens is 452 g/mol. The molecular formula is C26H35ClN4O3. The predicted octanol–water partition coefficient (Wildman–Crippen LogP) is 4.33. The number of hydrogen-bond donors (Lipinski definition) is 0. The van der Waals surface area contributed by atoms with Gasteiger partial charge in [-0.3, -0.25) is 14.3 Å². The van der Waals surface area contributed by atoms with E-state index in [4.69, 9.17) is 16.3 Å². The fourth-order valence-corrected chi connectivity index (χ4v) is 5.28. The van der Waals surface area contributed by atoms with Gasteiger partial charge in [0.25, 0.3) is 0 Å². The third-order valence-electron chi connectivity index (χ3n) is 7.06. The summed E-state index contributed by atoms with van der Waals surface area (Å²) in [4.78, 5) is 30.3. The summed E-state index contributed by atoms with van der Waals surface area (Å²) in [7, 11) is 0. The first-order chi connectivity index (χ1) is 16.4. The largest absolute Gasteiger partial charge is 0.493 e. The van der Waals surface area contributed by atoms with Gasteiger partial charge < -0.3 is 14.5 Å². The highest BCUT2D eigenvalue weighted by molar-refractivity contribution is 6.30. The van der Waals surface area contributed by atoms with Gasteiger partial charge in [-0.15, -0.1) is 0 Å². The maximum absolute atomic E-state index is 13.3. The molecule has 34 heavy (non-hydrogen) atoms. The van der Waals surface area contributed by atoms with Crippen molar-refractivity contribution in [3.63, 3.8) is 0 Å². The molecule has 184 valence electrons. The van der Waals surface area contributed by atoms with E-state index >= 15 is 0 Å². The molecule has 1 atom stereocenters. The molecule has 2 aliphatic heterocycles. The summed E-state index contributed by atoms with van der Waals surface area (Å²) < 4.78 is 8.03. The number of ether oxygens (including phenoxy) is 1. The third-order valence-corrected chi connectivity index (χ3v) is 7.29. The lowest BCUT2D eigenvalue weighted by atomic mass is 9.77. The van der Waals surface area contributed by atoms with Crippen LogP contribution >= 0.6 is 11.6 Å². The first-order valence-corrected chi connectivity index (χ1v) is 12.7. The van der Waals surface area contributed by atoms with Crippen LogP contribution < -0.4 is 4.74 Å². The normalized spacial score (nSPS) is 20.9. The van der Waals surface area contributed by atoms with Crippen LogP contribution in [0.15, 0.2) is 36.5 Å². The summed E-state index contributed by atoms with van der Waals surface area (Å²) in [5, 5.41) is 4.90. The zero-order valence-electron chi connectivity index (χ0n) is 20.0. The lowest BCUT2D eigenvalue weighted by molar-refractivity contribution is -0.142. The Balaban J connectivity index is 1.45. The Bertz CT molecular complexity index is 988. The van der Waals surface area contributed by atoms with Crippen molar-refractivity contribution in [3.05, 3.63) is 47.2 Å². The fourth-order valence-electron chi connectivity index (χ4n) is 5.10. The molecule has 0 unspecified atom stereocenters. The van der Waals surface area contributed by atoms with E-state index in [1.165, 1.54) is 6.42 Å². The Hall–Kier alpha value is -2.54. The van der Waals surface area contributed by atoms with Crippen molar-refractivity contribution < 1.29 is 14.3 Å². The number of carbonyl (C=O) groups excluding carboxylic acids is 2. The highest BCUT2D eigenvalue weighted by atomic mass is 35.5. The van der Waals surface area contributed by atoms with Gasteiger partial charge in [0.1, 0.15) is 5.75 Å². The van der Waals surface area contributed by atoms with Gasteiger partial charge in [0, 0.05) is 67.9 Å². The highest BCUT2D eigenvalue weighted by Gasteiger charge is 2.41. The van der Waals surface area contributed by atoms with Gasteiger partial charge in [0.2, 0.25) is 11.8 Å². The Labute approximate surface area is 207 Å². The van der Waals surface area contributed by atoms with Crippen molar-refractivity contribution in [1.82, 2.24) is 19.6 Å². The number of likely N-dealkylation sites (tertiary alicyclic amines) is 2. The molecule has 0 saturated carbocycles. The van der Waals surface area contributed by atoms with Crippen LogP contribution in [0.1, 0.15) is 50.6 Å². The molecule has 0 spiro atoms. The lowest BCUT2D eigenvalue weighted by Crippen LogP contribution is -2.51. The number of halogens is 1. The third kappa shape index (κ3) is 6.32. The molecule has 2 aliphatic rings. The van der Waals surface area contributed by atoms with Crippen LogP contribution in [-0.2, 0) is 16.1 Å². The standard InChI is InChI=1S/C26H35ClN4O3/c1-21-9-12-28-31(21)16-10-24(32)30-15-6-11-26(19-30,18-25(33)29-13-3-2-4-14-29)20-34-23-8-5-7-22(27)17-23/h5,7-9,12,17H,2-4,6,10-11,13-16,18-20H2,1H3/t26-/m0/s1. The molecule has 2 aromatic rings. The number of aryl methyl sites for hydroxylation is 2. The van der Waals surface area contributed by atoms with Gasteiger partial charge >= 0.3 is 0 Å². The number of aromatic nitrogens is 2. The maximum atomic E-state index is 13.3. The first kappa shape index (κ1) is 24.6. The molecule has 3 heterocycles. The van der Waals surface area contributed by atoms with E-state index < -0.39 is 5.41 Å². The molecule has 2 amide bonds. The van der Waals surface area contributed by atoms with Crippen molar-refractivity contribution in [2.45, 2.75) is 58.4 Å². The Morgan fingerprint density at radius 1 is 1.06 bits per heavy atom. The highest BCUT2D eigenvalue weighted by Crippen LogP contribution is 2.36. The van der Waals surface area contributed by atoms with Gasteiger partial charge in [-0.1, -0.05) is 17.7 Å². The average molecular weight is 487 g/mol. The summed E-state index contributed by atoms with van der Waals surface area (Å²) in [6.45, 7) is 5.84. The summed E-state index contributed by atoms with van der Waals surface area (Å²) in [6, 6.07) is 9.28. The van der Waals surface area contributed by atoms with E-state index in [-0.39, 0.29) is 11.8 Å². The summed E-state index contributed by atoms with van der Waals surface area (Å²) >= 11 is 6.14. The van der Waals surface area contributed by atoms with Crippen LogP contribution in [0, 0.1) is 12.3 Å². The van der Waals surface area contributed by atoms with Gasteiger partial charge in [0.05, 0.1) is 6.61 Å². The van der Waals surface area contributed by atoms with Crippen molar-refractivity contribution in [3.8, 4) is 5.75 Å². The van der Waals surface area contributed by atoms with Crippen LogP contribution in [0.2, 0.25) is 5.02 Å². The SMILES string of the molecule is Cc1ccnn1CCC(=O)N1CCC[C@](COc2cccc(Cl)c2)(CC(=O)N2CCCCC2)C1. The van der Waals surface area contributed by atoms with E-state index in [0.717, 1.165) is 44.5 Å². The minimum absolute atomic E-state index is 0.104. The van der Waals surface area contributed by atoms with Crippen LogP contribution in [0.25, 0.3) is 0 Å². The second-order valence-corrected chi connectivity index (χ2v) is 10.2. The topological polar surface area (TPSA) is 67.7 Å². The maximum Gasteiger partial charge on any atom is 0.224 e. The number of nitrogens with zero attached hydrogens (tertiary/aromatic N) is 4. The number of amides is 2. The van der Waals surface area contributed by atoms with Gasteiger partial charge in [-0.25, -0.2) is 0 Å². The molecule has 8 heteroatoms. The quantitative estimate of drug-likeness (QED) is 0.557. The second kappa shape index (κ2) is 11.3. The minimum Gasteiger partial charge on any atom is -0.493 e. The van der Waals surface area contributed by atoms with Gasteiger partial charge in [0.15, 0.2) is 0 Å². The van der Waals surface area contributed by atoms with E-state index in [9.17, 15) is 9.59 Å². The van der Waals surface area contributed by atoms with Crippen LogP contribution in [0.5, 0.6) is 5.75 Å². The predicted molar refractivity (Wildman–Crippen MR) is 132 cm³/mol. The molecule has 4 rings (SSSR count). The van der Waals surface area contributed by atoms with Crippen LogP contribution in [0.3, 0.4) is 0 Å². The Morgan fingerprint density at radius 2 is 1.85 bits per heavy atom. The fraction of sp³-hybridized carbons (Fsp3) is 0.577. The van der Waals surface area contributed by atoms with Crippen LogP contribution in [-0.4, -0.2) is 64.2 Å². The molecule has 2 fully saturated rings. The van der Waals surface area contributed by atoms with E-state index in [1.807, 2.05) is 45.7 Å². The number of rotatable bonds is 8. The zero-order chi connectivity index (χ0) is 24.0. The molecule has 0 bridgehead atoms. The number of piperidine rings is 2. The first-order valence-electron chi connectivity index (χ1n) is 12.4. The summed E-state index contributed by atoms with van der Waals surface area (Å²) in [6.07, 6.45) is 7.58. The number of hydrogen-bond acceptors (Lipinski definition) is 4. The molecule has 0 aliphatic carbocycles. The van der Waals surface area contributed by atoms with E-state index in [2.05, 4.69) is 5.10 Å². The Morgan fingerprint density at radius 3 is 2.59 bits per heavy atom. The van der Waals surface area contributed by atoms with Gasteiger partial charge in [-0.05, 0) is 63.3 Å². The molecule has 1 aromatic carbocycles. The monoisotopic (exact) mass is 486 g/mol. The Kier molecular flexibility index (Phi) is 8.14. The smallest absolute Gasteiger partial charge is 0.224 e. The molecule has 0 radical (unpaired) electrons. The lowest BCUT2D eigenvalue weighted by Gasteiger charge is -2.43. The number of carbonyl (C=O) groups is 2. The van der Waals surface area contributed by atoms with E-state index in [0.29, 0.717) is 49.9 Å². The second-order valence-electron chi connectivity index (χ2n) is 9.73. The van der Waals surface area contributed by atoms with Crippen molar-refractivity contribution in [2.24, 2.45) is 5.41 Å². The zero-order valence-corrected chi connectivity index (χ0v) is 20.8. The molecule has 7 nitrogen and oxygen atoms in total. The summed E-state index contributed by atoms with van der Waals surface area (Å²) in [5.74, 6) is 0.970.